The molecule has 1 N–H and O–H groups in total. The number of nitrogens with zero attached hydrogens (tertiary/aromatic N) is 2. The van der Waals surface area contributed by atoms with E-state index in [0.717, 1.165) is 21.9 Å². The van der Waals surface area contributed by atoms with Crippen LogP contribution < -0.4 is 9.62 Å². The first kappa shape index (κ1) is 27.9. The predicted molar refractivity (Wildman–Crippen MR) is 147 cm³/mol. The van der Waals surface area contributed by atoms with Gasteiger partial charge in [-0.2, -0.15) is 0 Å². The number of hydrogen-bond donors (Lipinski definition) is 1. The van der Waals surface area contributed by atoms with Gasteiger partial charge < -0.3 is 10.2 Å². The fraction of sp³-hybridized carbons (Fsp3) is 0.310. The fourth-order valence-corrected chi connectivity index (χ4v) is 5.30. The van der Waals surface area contributed by atoms with Crippen molar-refractivity contribution in [3.05, 3.63) is 96.1 Å². The standard InChI is InChI=1S/C29H35N3O4S/c1-5-23(3)30-29(34)24(4)31(20-25-15-13-12-14-22(25)2)28(33)21-32(26-16-8-6-9-17-26)37(35,36)27-18-10-7-11-19-27/h6-19,23-24H,5,20-21H2,1-4H3,(H,30,34). The Balaban J connectivity index is 2.00. The van der Waals surface area contributed by atoms with E-state index in [4.69, 9.17) is 0 Å². The Kier molecular flexibility index (Phi) is 9.47. The third kappa shape index (κ3) is 6.98. The summed E-state index contributed by atoms with van der Waals surface area (Å²) in [5, 5.41) is 2.94. The zero-order chi connectivity index (χ0) is 27.0. The molecule has 3 aromatic rings. The molecule has 2 atom stereocenters. The molecule has 0 fully saturated rings. The second kappa shape index (κ2) is 12.5. The summed E-state index contributed by atoms with van der Waals surface area (Å²) in [4.78, 5) is 28.5. The highest BCUT2D eigenvalue weighted by molar-refractivity contribution is 7.92. The SMILES string of the molecule is CCC(C)NC(=O)C(C)N(Cc1ccccc1C)C(=O)CN(c1ccccc1)S(=O)(=O)c1ccccc1. The van der Waals surface area contributed by atoms with Gasteiger partial charge in [-0.1, -0.05) is 67.6 Å². The minimum Gasteiger partial charge on any atom is -0.352 e. The zero-order valence-corrected chi connectivity index (χ0v) is 22.6. The smallest absolute Gasteiger partial charge is 0.264 e. The summed E-state index contributed by atoms with van der Waals surface area (Å²) in [6, 6.07) is 23.3. The summed E-state index contributed by atoms with van der Waals surface area (Å²) in [7, 11) is -4.05. The average Bonchev–Trinajstić information content (AvgIpc) is 2.91. The first-order valence-electron chi connectivity index (χ1n) is 12.4. The van der Waals surface area contributed by atoms with Gasteiger partial charge >= 0.3 is 0 Å². The van der Waals surface area contributed by atoms with E-state index in [1.54, 1.807) is 55.5 Å². The van der Waals surface area contributed by atoms with Gasteiger partial charge in [0.15, 0.2) is 0 Å². The maximum Gasteiger partial charge on any atom is 0.264 e. The number of carbonyl (C=O) groups is 2. The van der Waals surface area contributed by atoms with Crippen molar-refractivity contribution in [2.45, 2.75) is 57.6 Å². The van der Waals surface area contributed by atoms with E-state index >= 15 is 0 Å². The molecular formula is C29H35N3O4S. The second-order valence-corrected chi connectivity index (χ2v) is 11.0. The van der Waals surface area contributed by atoms with Crippen molar-refractivity contribution in [2.24, 2.45) is 0 Å². The largest absolute Gasteiger partial charge is 0.352 e. The number of carbonyl (C=O) groups excluding carboxylic acids is 2. The van der Waals surface area contributed by atoms with Gasteiger partial charge in [-0.3, -0.25) is 13.9 Å². The molecule has 0 saturated carbocycles. The summed E-state index contributed by atoms with van der Waals surface area (Å²) < 4.78 is 28.4. The molecule has 2 unspecified atom stereocenters. The van der Waals surface area contributed by atoms with E-state index in [0.29, 0.717) is 5.69 Å². The van der Waals surface area contributed by atoms with E-state index in [-0.39, 0.29) is 23.4 Å². The van der Waals surface area contributed by atoms with Gasteiger partial charge in [0.05, 0.1) is 10.6 Å². The molecule has 196 valence electrons. The number of anilines is 1. The molecule has 0 heterocycles. The Morgan fingerprint density at radius 3 is 2.03 bits per heavy atom. The number of sulfonamides is 1. The molecule has 0 aliphatic rings. The number of amides is 2. The van der Waals surface area contributed by atoms with Crippen molar-refractivity contribution in [3.8, 4) is 0 Å². The Morgan fingerprint density at radius 1 is 0.865 bits per heavy atom. The third-order valence-corrected chi connectivity index (χ3v) is 8.21. The Labute approximate surface area is 220 Å². The van der Waals surface area contributed by atoms with Gasteiger partial charge in [0.1, 0.15) is 12.6 Å². The molecule has 0 aliphatic carbocycles. The minimum atomic E-state index is -4.05. The first-order valence-corrected chi connectivity index (χ1v) is 13.9. The normalized spacial score (nSPS) is 12.9. The summed E-state index contributed by atoms with van der Waals surface area (Å²) >= 11 is 0. The van der Waals surface area contributed by atoms with Crippen LogP contribution in [0.4, 0.5) is 5.69 Å². The van der Waals surface area contributed by atoms with Crippen molar-refractivity contribution in [1.29, 1.82) is 0 Å². The van der Waals surface area contributed by atoms with E-state index in [1.165, 1.54) is 17.0 Å². The first-order chi connectivity index (χ1) is 17.6. The second-order valence-electron chi connectivity index (χ2n) is 9.10. The van der Waals surface area contributed by atoms with Crippen LogP contribution in [-0.2, 0) is 26.2 Å². The number of rotatable bonds is 11. The van der Waals surface area contributed by atoms with Gasteiger partial charge in [-0.15, -0.1) is 0 Å². The number of benzene rings is 3. The van der Waals surface area contributed by atoms with Crippen LogP contribution >= 0.6 is 0 Å². The van der Waals surface area contributed by atoms with Crippen molar-refractivity contribution in [2.75, 3.05) is 10.8 Å². The van der Waals surface area contributed by atoms with Crippen molar-refractivity contribution >= 4 is 27.5 Å². The molecule has 2 amide bonds. The lowest BCUT2D eigenvalue weighted by atomic mass is 10.1. The molecule has 3 aromatic carbocycles. The number of nitrogens with one attached hydrogen (secondary N) is 1. The van der Waals surface area contributed by atoms with E-state index in [1.807, 2.05) is 45.0 Å². The van der Waals surface area contributed by atoms with Crippen LogP contribution in [-0.4, -0.2) is 43.8 Å². The van der Waals surface area contributed by atoms with Gasteiger partial charge in [-0.25, -0.2) is 8.42 Å². The summed E-state index contributed by atoms with van der Waals surface area (Å²) in [6.45, 7) is 7.22. The van der Waals surface area contributed by atoms with Crippen molar-refractivity contribution < 1.29 is 18.0 Å². The average molecular weight is 522 g/mol. The lowest BCUT2D eigenvalue weighted by Crippen LogP contribution is -2.52. The Bertz CT molecular complexity index is 1300. The predicted octanol–water partition coefficient (Wildman–Crippen LogP) is 4.52. The Hall–Kier alpha value is -3.65. The van der Waals surface area contributed by atoms with Crippen LogP contribution in [0.1, 0.15) is 38.3 Å². The van der Waals surface area contributed by atoms with Crippen molar-refractivity contribution in [1.82, 2.24) is 10.2 Å². The summed E-state index contributed by atoms with van der Waals surface area (Å²) in [6.07, 6.45) is 0.751. The van der Waals surface area contributed by atoms with Crippen LogP contribution in [0.15, 0.2) is 89.8 Å². The quantitative estimate of drug-likeness (QED) is 0.402. The molecule has 37 heavy (non-hydrogen) atoms. The molecule has 0 aromatic heterocycles. The lowest BCUT2D eigenvalue weighted by Gasteiger charge is -2.32. The maximum atomic E-state index is 13.9. The Morgan fingerprint density at radius 2 is 1.43 bits per heavy atom. The minimum absolute atomic E-state index is 0.0513. The monoisotopic (exact) mass is 521 g/mol. The highest BCUT2D eigenvalue weighted by Gasteiger charge is 2.32. The van der Waals surface area contributed by atoms with Gasteiger partial charge in [0.25, 0.3) is 10.0 Å². The molecule has 3 rings (SSSR count). The van der Waals surface area contributed by atoms with Gasteiger partial charge in [0, 0.05) is 12.6 Å². The third-order valence-electron chi connectivity index (χ3n) is 6.42. The van der Waals surface area contributed by atoms with Gasteiger partial charge in [0.2, 0.25) is 11.8 Å². The van der Waals surface area contributed by atoms with Crippen LogP contribution in [0.5, 0.6) is 0 Å². The van der Waals surface area contributed by atoms with Crippen molar-refractivity contribution in [3.63, 3.8) is 0 Å². The number of hydrogen-bond acceptors (Lipinski definition) is 4. The van der Waals surface area contributed by atoms with Gasteiger partial charge in [-0.05, 0) is 62.6 Å². The highest BCUT2D eigenvalue weighted by atomic mass is 32.2. The maximum absolute atomic E-state index is 13.9. The highest BCUT2D eigenvalue weighted by Crippen LogP contribution is 2.24. The van der Waals surface area contributed by atoms with Crippen LogP contribution in [0.2, 0.25) is 0 Å². The van der Waals surface area contributed by atoms with Crippen LogP contribution in [0, 0.1) is 6.92 Å². The molecule has 7 nitrogen and oxygen atoms in total. The molecule has 0 spiro atoms. The molecule has 0 radical (unpaired) electrons. The number of aryl methyl sites for hydroxylation is 1. The van der Waals surface area contributed by atoms with Crippen LogP contribution in [0.25, 0.3) is 0 Å². The van der Waals surface area contributed by atoms with E-state index in [2.05, 4.69) is 5.32 Å². The fourth-order valence-electron chi connectivity index (χ4n) is 3.86. The molecule has 8 heteroatoms. The summed E-state index contributed by atoms with van der Waals surface area (Å²) in [5.41, 5.74) is 2.23. The van der Waals surface area contributed by atoms with E-state index in [9.17, 15) is 18.0 Å². The number of para-hydroxylation sites is 1. The van der Waals surface area contributed by atoms with E-state index < -0.39 is 28.5 Å². The molecule has 0 bridgehead atoms. The summed E-state index contributed by atoms with van der Waals surface area (Å²) in [5.74, 6) is -0.758. The zero-order valence-electron chi connectivity index (χ0n) is 21.8. The lowest BCUT2D eigenvalue weighted by molar-refractivity contribution is -0.139. The molecular weight excluding hydrogens is 486 g/mol. The topological polar surface area (TPSA) is 86.8 Å². The van der Waals surface area contributed by atoms with Crippen LogP contribution in [0.3, 0.4) is 0 Å². The molecule has 0 saturated heterocycles. The molecule has 0 aliphatic heterocycles.